The average Bonchev–Trinajstić information content (AvgIpc) is 2.95. The van der Waals surface area contributed by atoms with Crippen molar-refractivity contribution in [2.75, 3.05) is 6.54 Å². The third-order valence-corrected chi connectivity index (χ3v) is 3.07. The molecule has 1 aliphatic carbocycles. The van der Waals surface area contributed by atoms with Crippen molar-refractivity contribution in [3.05, 3.63) is 35.1 Å². The van der Waals surface area contributed by atoms with E-state index in [0.29, 0.717) is 18.5 Å². The smallest absolute Gasteiger partial charge is 0.194 e. The van der Waals surface area contributed by atoms with Gasteiger partial charge in [-0.3, -0.25) is 0 Å². The van der Waals surface area contributed by atoms with Crippen LogP contribution in [0.1, 0.15) is 24.8 Å². The Hall–Kier alpha value is -1.03. The number of halogens is 3. The van der Waals surface area contributed by atoms with Crippen LogP contribution in [0.25, 0.3) is 0 Å². The van der Waals surface area contributed by atoms with Gasteiger partial charge in [0.2, 0.25) is 0 Å². The van der Waals surface area contributed by atoms with Gasteiger partial charge in [0, 0.05) is 0 Å². The molecule has 15 heavy (non-hydrogen) atoms. The molecule has 0 saturated heterocycles. The summed E-state index contributed by atoms with van der Waals surface area (Å²) >= 11 is 0. The molecule has 2 N–H and O–H groups in total. The molecule has 1 nitrogen and oxygen atoms in total. The minimum absolute atomic E-state index is 0.204. The molecule has 0 heterocycles. The van der Waals surface area contributed by atoms with Crippen LogP contribution in [0.3, 0.4) is 0 Å². The molecule has 0 aromatic heterocycles. The van der Waals surface area contributed by atoms with Gasteiger partial charge in [0.15, 0.2) is 17.5 Å². The molecule has 0 unspecified atom stereocenters. The second-order valence-corrected chi connectivity index (χ2v) is 4.07. The highest BCUT2D eigenvalue weighted by Gasteiger charge is 2.44. The molecule has 1 fully saturated rings. The molecule has 1 saturated carbocycles. The fraction of sp³-hybridized carbons (Fsp3) is 0.455. The maximum absolute atomic E-state index is 13.0. The van der Waals surface area contributed by atoms with Gasteiger partial charge in [0.1, 0.15) is 0 Å². The summed E-state index contributed by atoms with van der Waals surface area (Å²) in [5.74, 6) is -3.64. The Bertz CT molecular complexity index is 362. The van der Waals surface area contributed by atoms with Gasteiger partial charge >= 0.3 is 0 Å². The molecular formula is C11H12F3N. The van der Waals surface area contributed by atoms with Crippen molar-refractivity contribution in [1.82, 2.24) is 0 Å². The highest BCUT2D eigenvalue weighted by atomic mass is 19.2. The van der Waals surface area contributed by atoms with E-state index in [0.717, 1.165) is 25.0 Å². The van der Waals surface area contributed by atoms with Gasteiger partial charge in [0.25, 0.3) is 0 Å². The van der Waals surface area contributed by atoms with Gasteiger partial charge in [-0.25, -0.2) is 13.2 Å². The van der Waals surface area contributed by atoms with E-state index in [-0.39, 0.29) is 5.41 Å². The number of hydrogen-bond acceptors (Lipinski definition) is 1. The number of rotatable bonds is 3. The van der Waals surface area contributed by atoms with Gasteiger partial charge in [-0.15, -0.1) is 0 Å². The van der Waals surface area contributed by atoms with Crippen LogP contribution >= 0.6 is 0 Å². The first-order chi connectivity index (χ1) is 7.09. The van der Waals surface area contributed by atoms with Crippen molar-refractivity contribution >= 4 is 0 Å². The summed E-state index contributed by atoms with van der Waals surface area (Å²) in [5.41, 5.74) is 5.76. The fourth-order valence-electron chi connectivity index (χ4n) is 1.97. The molecule has 4 heteroatoms. The summed E-state index contributed by atoms with van der Waals surface area (Å²) in [6, 6.07) is 2.17. The molecule has 0 bridgehead atoms. The molecule has 1 aliphatic rings. The first-order valence-electron chi connectivity index (χ1n) is 4.94. The minimum atomic E-state index is -1.40. The van der Waals surface area contributed by atoms with Crippen LogP contribution in [0.4, 0.5) is 13.2 Å². The summed E-state index contributed by atoms with van der Waals surface area (Å²) in [4.78, 5) is 0. The summed E-state index contributed by atoms with van der Waals surface area (Å²) in [5, 5.41) is 0. The zero-order chi connectivity index (χ0) is 11.1. The maximum Gasteiger partial charge on any atom is 0.194 e. The predicted octanol–water partition coefficient (Wildman–Crippen LogP) is 2.48. The highest BCUT2D eigenvalue weighted by molar-refractivity contribution is 5.32. The second kappa shape index (κ2) is 3.52. The summed E-state index contributed by atoms with van der Waals surface area (Å²) in [6.45, 7) is 0.473. The van der Waals surface area contributed by atoms with Gasteiger partial charge < -0.3 is 5.73 Å². The van der Waals surface area contributed by atoms with Crippen molar-refractivity contribution in [1.29, 1.82) is 0 Å². The first kappa shape index (κ1) is 10.5. The lowest BCUT2D eigenvalue weighted by Crippen LogP contribution is -2.14. The van der Waals surface area contributed by atoms with E-state index >= 15 is 0 Å². The van der Waals surface area contributed by atoms with E-state index in [1.165, 1.54) is 0 Å². The van der Waals surface area contributed by atoms with Crippen LogP contribution in [-0.4, -0.2) is 6.54 Å². The predicted molar refractivity (Wildman–Crippen MR) is 50.9 cm³/mol. The molecule has 82 valence electrons. The molecule has 0 atom stereocenters. The molecule has 0 radical (unpaired) electrons. The van der Waals surface area contributed by atoms with Crippen molar-refractivity contribution in [2.24, 2.45) is 5.73 Å². The molecule has 0 amide bonds. The van der Waals surface area contributed by atoms with E-state index in [1.807, 2.05) is 0 Å². The SMILES string of the molecule is NCCC1(c2cc(F)c(F)c(F)c2)CC1. The zero-order valence-corrected chi connectivity index (χ0v) is 8.19. The summed E-state index contributed by atoms with van der Waals surface area (Å²) < 4.78 is 38.7. The molecule has 1 aromatic rings. The minimum Gasteiger partial charge on any atom is -0.330 e. The van der Waals surface area contributed by atoms with Gasteiger partial charge in [-0.05, 0) is 48.9 Å². The number of benzene rings is 1. The van der Waals surface area contributed by atoms with Crippen LogP contribution < -0.4 is 5.73 Å². The fourth-order valence-corrected chi connectivity index (χ4v) is 1.97. The Morgan fingerprint density at radius 3 is 2.07 bits per heavy atom. The molecule has 1 aromatic carbocycles. The lowest BCUT2D eigenvalue weighted by atomic mass is 9.92. The Kier molecular flexibility index (Phi) is 2.46. The quantitative estimate of drug-likeness (QED) is 0.770. The number of nitrogens with two attached hydrogens (primary N) is 1. The average molecular weight is 215 g/mol. The summed E-state index contributed by atoms with van der Waals surface area (Å²) in [6.07, 6.45) is 2.43. The van der Waals surface area contributed by atoms with Crippen LogP contribution in [-0.2, 0) is 5.41 Å². The molecule has 0 aliphatic heterocycles. The van der Waals surface area contributed by atoms with Crippen LogP contribution in [0.5, 0.6) is 0 Å². The number of hydrogen-bond donors (Lipinski definition) is 1. The highest BCUT2D eigenvalue weighted by Crippen LogP contribution is 2.51. The van der Waals surface area contributed by atoms with E-state index < -0.39 is 17.5 Å². The topological polar surface area (TPSA) is 26.0 Å². The van der Waals surface area contributed by atoms with Gasteiger partial charge in [-0.2, -0.15) is 0 Å². The van der Waals surface area contributed by atoms with Crippen LogP contribution in [0.15, 0.2) is 12.1 Å². The van der Waals surface area contributed by atoms with Crippen molar-refractivity contribution in [3.63, 3.8) is 0 Å². The van der Waals surface area contributed by atoms with Crippen molar-refractivity contribution in [2.45, 2.75) is 24.7 Å². The molecule has 2 rings (SSSR count). The zero-order valence-electron chi connectivity index (χ0n) is 8.19. The maximum atomic E-state index is 13.0. The standard InChI is InChI=1S/C11H12F3N/c12-8-5-7(6-9(13)10(8)14)11(1-2-11)3-4-15/h5-6H,1-4,15H2. The lowest BCUT2D eigenvalue weighted by molar-refractivity contribution is 0.441. The van der Waals surface area contributed by atoms with Crippen LogP contribution in [0.2, 0.25) is 0 Å². The molecule has 0 spiro atoms. The van der Waals surface area contributed by atoms with Crippen molar-refractivity contribution in [3.8, 4) is 0 Å². The Morgan fingerprint density at radius 2 is 1.67 bits per heavy atom. The Balaban J connectivity index is 2.37. The van der Waals surface area contributed by atoms with E-state index in [9.17, 15) is 13.2 Å². The second-order valence-electron chi connectivity index (χ2n) is 4.07. The normalized spacial score (nSPS) is 17.9. The summed E-state index contributed by atoms with van der Waals surface area (Å²) in [7, 11) is 0. The van der Waals surface area contributed by atoms with E-state index in [4.69, 9.17) is 5.73 Å². The van der Waals surface area contributed by atoms with Crippen molar-refractivity contribution < 1.29 is 13.2 Å². The first-order valence-corrected chi connectivity index (χ1v) is 4.94. The monoisotopic (exact) mass is 215 g/mol. The van der Waals surface area contributed by atoms with Gasteiger partial charge in [-0.1, -0.05) is 0 Å². The molecular weight excluding hydrogens is 203 g/mol. The van der Waals surface area contributed by atoms with Gasteiger partial charge in [0.05, 0.1) is 0 Å². The lowest BCUT2D eigenvalue weighted by Gasteiger charge is -2.14. The largest absolute Gasteiger partial charge is 0.330 e. The Labute approximate surface area is 86.1 Å². The van der Waals surface area contributed by atoms with E-state index in [1.54, 1.807) is 0 Å². The van der Waals surface area contributed by atoms with E-state index in [2.05, 4.69) is 0 Å². The third kappa shape index (κ3) is 1.74. The third-order valence-electron chi connectivity index (χ3n) is 3.07. The Morgan fingerprint density at radius 1 is 1.13 bits per heavy atom. The van der Waals surface area contributed by atoms with Crippen LogP contribution in [0, 0.1) is 17.5 Å².